The minimum absolute atomic E-state index is 0.230. The van der Waals surface area contributed by atoms with Gasteiger partial charge in [-0.05, 0) is 61.7 Å². The highest BCUT2D eigenvalue weighted by Gasteiger charge is 2.32. The van der Waals surface area contributed by atoms with Crippen LogP contribution in [0.25, 0.3) is 22.2 Å². The van der Waals surface area contributed by atoms with E-state index in [0.29, 0.717) is 27.7 Å². The lowest BCUT2D eigenvalue weighted by Gasteiger charge is -2.30. The van der Waals surface area contributed by atoms with Crippen molar-refractivity contribution in [1.29, 1.82) is 0 Å². The molecule has 0 amide bonds. The molecule has 0 bridgehead atoms. The van der Waals surface area contributed by atoms with Crippen LogP contribution in [0.3, 0.4) is 0 Å². The summed E-state index contributed by atoms with van der Waals surface area (Å²) in [5, 5.41) is 3.95. The van der Waals surface area contributed by atoms with Gasteiger partial charge >= 0.3 is 0 Å². The topological polar surface area (TPSA) is 76.3 Å². The lowest BCUT2D eigenvalue weighted by Crippen LogP contribution is -2.35. The van der Waals surface area contributed by atoms with Crippen LogP contribution in [0, 0.1) is 12.7 Å². The number of sulfonamides is 1. The second kappa shape index (κ2) is 7.58. The summed E-state index contributed by atoms with van der Waals surface area (Å²) >= 11 is 1.29. The van der Waals surface area contributed by atoms with Gasteiger partial charge in [0.15, 0.2) is 0 Å². The standard InChI is InChI=1S/C22H18FN3O3S2/c1-14-20(31(27,28)26-12-4-6-15-5-2-3-7-18(15)26)13-19(30-14)22-24-21(25-29-22)16-8-10-17(23)11-9-16/h2-3,5,7-11,13H,4,6,12H2,1H3. The Morgan fingerprint density at radius 2 is 1.90 bits per heavy atom. The first-order valence-electron chi connectivity index (χ1n) is 9.74. The molecule has 4 aromatic rings. The second-order valence-corrected chi connectivity index (χ2v) is 10.4. The van der Waals surface area contributed by atoms with Gasteiger partial charge in [0.2, 0.25) is 5.82 Å². The molecular weight excluding hydrogens is 437 g/mol. The average Bonchev–Trinajstić information content (AvgIpc) is 3.41. The molecule has 0 atom stereocenters. The number of halogens is 1. The molecule has 9 heteroatoms. The summed E-state index contributed by atoms with van der Waals surface area (Å²) in [6.07, 6.45) is 1.64. The quantitative estimate of drug-likeness (QED) is 0.430. The van der Waals surface area contributed by atoms with Crippen LogP contribution in [0.2, 0.25) is 0 Å². The molecule has 0 fully saturated rings. The van der Waals surface area contributed by atoms with Crippen LogP contribution in [0.5, 0.6) is 0 Å². The molecule has 0 aliphatic carbocycles. The fourth-order valence-electron chi connectivity index (χ4n) is 3.73. The van der Waals surface area contributed by atoms with Gasteiger partial charge in [-0.1, -0.05) is 23.4 Å². The van der Waals surface area contributed by atoms with Crippen LogP contribution in [0.1, 0.15) is 16.9 Å². The highest BCUT2D eigenvalue weighted by atomic mass is 32.2. The number of benzene rings is 2. The summed E-state index contributed by atoms with van der Waals surface area (Å²) in [5.74, 6) is 0.193. The maximum Gasteiger partial charge on any atom is 0.268 e. The Kier molecular flexibility index (Phi) is 4.86. The zero-order valence-corrected chi connectivity index (χ0v) is 18.2. The van der Waals surface area contributed by atoms with Gasteiger partial charge in [0.25, 0.3) is 15.9 Å². The van der Waals surface area contributed by atoms with Crippen molar-refractivity contribution in [3.63, 3.8) is 0 Å². The van der Waals surface area contributed by atoms with Crippen LogP contribution >= 0.6 is 11.3 Å². The monoisotopic (exact) mass is 455 g/mol. The maximum absolute atomic E-state index is 13.5. The third kappa shape index (κ3) is 3.53. The zero-order valence-electron chi connectivity index (χ0n) is 16.6. The summed E-state index contributed by atoms with van der Waals surface area (Å²) < 4.78 is 47.0. The van der Waals surface area contributed by atoms with Gasteiger partial charge < -0.3 is 4.52 Å². The number of rotatable bonds is 4. The Morgan fingerprint density at radius 1 is 1.13 bits per heavy atom. The first-order valence-corrected chi connectivity index (χ1v) is 12.0. The predicted octanol–water partition coefficient (Wildman–Crippen LogP) is 5.05. The molecular formula is C22H18FN3O3S2. The molecule has 0 saturated heterocycles. The number of hydrogen-bond donors (Lipinski definition) is 0. The number of para-hydroxylation sites is 1. The van der Waals surface area contributed by atoms with Crippen molar-refractivity contribution < 1.29 is 17.3 Å². The van der Waals surface area contributed by atoms with E-state index < -0.39 is 10.0 Å². The van der Waals surface area contributed by atoms with E-state index in [2.05, 4.69) is 10.1 Å². The fourth-order valence-corrected chi connectivity index (χ4v) is 6.76. The zero-order chi connectivity index (χ0) is 21.6. The molecule has 2 aromatic carbocycles. The van der Waals surface area contributed by atoms with E-state index in [1.165, 1.54) is 27.8 Å². The maximum atomic E-state index is 13.5. The SMILES string of the molecule is Cc1sc(-c2nc(-c3ccc(F)cc3)no2)cc1S(=O)(=O)N1CCCc2ccccc21. The number of thiophene rings is 1. The summed E-state index contributed by atoms with van der Waals surface area (Å²) in [6.45, 7) is 2.22. The molecule has 3 heterocycles. The average molecular weight is 456 g/mol. The normalized spacial score (nSPS) is 13.9. The van der Waals surface area contributed by atoms with E-state index in [-0.39, 0.29) is 16.6 Å². The van der Waals surface area contributed by atoms with Gasteiger partial charge in [0.1, 0.15) is 10.7 Å². The van der Waals surface area contributed by atoms with Crippen molar-refractivity contribution in [2.45, 2.75) is 24.7 Å². The number of fused-ring (bicyclic) bond motifs is 1. The predicted molar refractivity (Wildman–Crippen MR) is 117 cm³/mol. The van der Waals surface area contributed by atoms with Gasteiger partial charge in [-0.25, -0.2) is 12.8 Å². The highest BCUT2D eigenvalue weighted by molar-refractivity contribution is 7.93. The van der Waals surface area contributed by atoms with Crippen LogP contribution in [-0.4, -0.2) is 25.1 Å². The number of aromatic nitrogens is 2. The van der Waals surface area contributed by atoms with Crippen LogP contribution in [0.15, 0.2) is 64.0 Å². The number of anilines is 1. The Balaban J connectivity index is 1.50. The van der Waals surface area contributed by atoms with Crippen LogP contribution < -0.4 is 4.31 Å². The van der Waals surface area contributed by atoms with Gasteiger partial charge in [-0.2, -0.15) is 4.98 Å². The molecule has 158 valence electrons. The fraction of sp³-hybridized carbons (Fsp3) is 0.182. The van der Waals surface area contributed by atoms with Crippen LogP contribution in [-0.2, 0) is 16.4 Å². The largest absolute Gasteiger partial charge is 0.333 e. The van der Waals surface area contributed by atoms with E-state index in [0.717, 1.165) is 24.1 Å². The molecule has 0 N–H and O–H groups in total. The van der Waals surface area contributed by atoms with Crippen molar-refractivity contribution in [2.24, 2.45) is 0 Å². The van der Waals surface area contributed by atoms with E-state index in [1.54, 1.807) is 25.1 Å². The molecule has 0 unspecified atom stereocenters. The number of aryl methyl sites for hydroxylation is 2. The summed E-state index contributed by atoms with van der Waals surface area (Å²) in [6, 6.07) is 15.0. The second-order valence-electron chi connectivity index (χ2n) is 7.27. The first kappa shape index (κ1) is 19.9. The van der Waals surface area contributed by atoms with E-state index in [9.17, 15) is 12.8 Å². The van der Waals surface area contributed by atoms with Gasteiger partial charge in [0, 0.05) is 17.0 Å². The molecule has 1 aliphatic rings. The van der Waals surface area contributed by atoms with Crippen molar-refractivity contribution in [1.82, 2.24) is 10.1 Å². The van der Waals surface area contributed by atoms with Crippen molar-refractivity contribution in [3.8, 4) is 22.2 Å². The first-order chi connectivity index (χ1) is 14.9. The molecule has 31 heavy (non-hydrogen) atoms. The molecule has 2 aromatic heterocycles. The Labute approximate surface area is 183 Å². The van der Waals surface area contributed by atoms with Gasteiger partial charge in [-0.3, -0.25) is 4.31 Å². The third-order valence-electron chi connectivity index (χ3n) is 5.25. The number of hydrogen-bond acceptors (Lipinski definition) is 6. The van der Waals surface area contributed by atoms with Crippen molar-refractivity contribution >= 4 is 27.0 Å². The highest BCUT2D eigenvalue weighted by Crippen LogP contribution is 2.38. The Morgan fingerprint density at radius 3 is 2.71 bits per heavy atom. The van der Waals surface area contributed by atoms with Crippen molar-refractivity contribution in [3.05, 3.63) is 70.9 Å². The van der Waals surface area contributed by atoms with E-state index >= 15 is 0 Å². The molecule has 5 rings (SSSR count). The molecule has 0 saturated carbocycles. The minimum atomic E-state index is -3.73. The minimum Gasteiger partial charge on any atom is -0.333 e. The summed E-state index contributed by atoms with van der Waals surface area (Å²) in [5.41, 5.74) is 2.38. The van der Waals surface area contributed by atoms with E-state index in [4.69, 9.17) is 4.52 Å². The van der Waals surface area contributed by atoms with E-state index in [1.807, 2.05) is 24.3 Å². The van der Waals surface area contributed by atoms with Crippen LogP contribution in [0.4, 0.5) is 10.1 Å². The number of nitrogens with zero attached hydrogens (tertiary/aromatic N) is 3. The molecule has 6 nitrogen and oxygen atoms in total. The summed E-state index contributed by atoms with van der Waals surface area (Å²) in [7, 11) is -3.73. The molecule has 0 radical (unpaired) electrons. The van der Waals surface area contributed by atoms with Gasteiger partial charge in [-0.15, -0.1) is 11.3 Å². The lowest BCUT2D eigenvalue weighted by atomic mass is 10.0. The molecule has 0 spiro atoms. The lowest BCUT2D eigenvalue weighted by molar-refractivity contribution is 0.433. The van der Waals surface area contributed by atoms with Crippen molar-refractivity contribution in [2.75, 3.05) is 10.8 Å². The Bertz CT molecular complexity index is 1360. The molecule has 1 aliphatic heterocycles. The smallest absolute Gasteiger partial charge is 0.268 e. The van der Waals surface area contributed by atoms with Gasteiger partial charge in [0.05, 0.1) is 10.6 Å². The summed E-state index contributed by atoms with van der Waals surface area (Å²) in [4.78, 5) is 5.83. The Hall–Kier alpha value is -3.04. The third-order valence-corrected chi connectivity index (χ3v) is 8.35.